The molecule has 0 aliphatic rings. The highest BCUT2D eigenvalue weighted by atomic mass is 16.2. The van der Waals surface area contributed by atoms with E-state index in [1.54, 1.807) is 70.9 Å². The molecule has 9 nitrogen and oxygen atoms in total. The van der Waals surface area contributed by atoms with Gasteiger partial charge in [-0.05, 0) is 30.7 Å². The quantitative estimate of drug-likeness (QED) is 0.332. The first-order valence-corrected chi connectivity index (χ1v) is 12.1. The Morgan fingerprint density at radius 2 is 1.61 bits per heavy atom. The summed E-state index contributed by atoms with van der Waals surface area (Å²) in [5, 5.41) is 0.463. The number of ketones is 1. The molecule has 0 saturated heterocycles. The summed E-state index contributed by atoms with van der Waals surface area (Å²) in [5.74, 6) is 0.374. The van der Waals surface area contributed by atoms with Crippen LogP contribution in [0.1, 0.15) is 37.7 Å². The molecule has 0 bridgehead atoms. The van der Waals surface area contributed by atoms with Crippen molar-refractivity contribution in [2.75, 3.05) is 28.2 Å². The predicted octanol–water partition coefficient (Wildman–Crippen LogP) is 4.21. The van der Waals surface area contributed by atoms with Crippen LogP contribution < -0.4 is 0 Å². The maximum Gasteiger partial charge on any atom is 0.328 e. The fraction of sp³-hybridized carbons (Fsp3) is 0.207. The number of carbonyl (C=O) groups is 3. The van der Waals surface area contributed by atoms with Crippen molar-refractivity contribution < 1.29 is 14.4 Å². The van der Waals surface area contributed by atoms with E-state index in [4.69, 9.17) is 0 Å². The Morgan fingerprint density at radius 1 is 0.868 bits per heavy atom. The summed E-state index contributed by atoms with van der Waals surface area (Å²) in [5.41, 5.74) is 4.49. The molecule has 0 aliphatic heterocycles. The lowest BCUT2D eigenvalue weighted by atomic mass is 9.98. The molecule has 38 heavy (non-hydrogen) atoms. The number of aryl methyl sites for hydroxylation is 1. The number of nitrogens with zero attached hydrogens (tertiary/aromatic N) is 6. The van der Waals surface area contributed by atoms with Crippen molar-refractivity contribution in [3.8, 4) is 0 Å². The first-order chi connectivity index (χ1) is 18.2. The van der Waals surface area contributed by atoms with E-state index in [-0.39, 0.29) is 17.7 Å². The van der Waals surface area contributed by atoms with Gasteiger partial charge in [-0.3, -0.25) is 19.1 Å². The van der Waals surface area contributed by atoms with Crippen LogP contribution in [-0.4, -0.2) is 74.8 Å². The molecule has 0 unspecified atom stereocenters. The second-order valence-electron chi connectivity index (χ2n) is 9.62. The Balaban J connectivity index is 1.55. The van der Waals surface area contributed by atoms with Crippen LogP contribution in [0.5, 0.6) is 0 Å². The van der Waals surface area contributed by atoms with Crippen LogP contribution in [0.15, 0.2) is 67.1 Å². The molecule has 0 saturated carbocycles. The molecule has 2 aromatic carbocycles. The number of imidazole rings is 1. The Morgan fingerprint density at radius 3 is 2.29 bits per heavy atom. The van der Waals surface area contributed by atoms with E-state index in [1.807, 2.05) is 25.1 Å². The second-order valence-corrected chi connectivity index (χ2v) is 9.62. The number of benzene rings is 2. The topological polar surface area (TPSA) is 93.3 Å². The number of hydrogen-bond acceptors (Lipinski definition) is 5. The Labute approximate surface area is 219 Å². The maximum absolute atomic E-state index is 13.8. The van der Waals surface area contributed by atoms with E-state index in [2.05, 4.69) is 14.5 Å². The Hall–Kier alpha value is -4.79. The standard InChI is InChI=1S/C29H28N6O3/c1-18-31-23-15-30-14-13-24(23)34(18)16-19-9-11-20(12-10-19)27(36)22-17-35(29(38)33(4)5)25-8-6-7-21(26(22)25)28(37)32(2)3/h6-15,17H,16H2,1-5H3. The molecule has 2 amide bonds. The van der Waals surface area contributed by atoms with E-state index in [0.717, 1.165) is 22.4 Å². The van der Waals surface area contributed by atoms with E-state index in [9.17, 15) is 14.4 Å². The van der Waals surface area contributed by atoms with Crippen molar-refractivity contribution >= 4 is 39.7 Å². The lowest BCUT2D eigenvalue weighted by Crippen LogP contribution is -2.26. The van der Waals surface area contributed by atoms with Gasteiger partial charge in [0, 0.05) is 69.2 Å². The second kappa shape index (κ2) is 9.59. The van der Waals surface area contributed by atoms with Gasteiger partial charge in [0.05, 0.1) is 17.2 Å². The van der Waals surface area contributed by atoms with E-state index in [0.29, 0.717) is 34.1 Å². The van der Waals surface area contributed by atoms with E-state index in [1.165, 1.54) is 20.6 Å². The monoisotopic (exact) mass is 508 g/mol. The summed E-state index contributed by atoms with van der Waals surface area (Å²) in [4.78, 5) is 51.3. The van der Waals surface area contributed by atoms with Gasteiger partial charge in [-0.2, -0.15) is 0 Å². The Bertz CT molecular complexity index is 1710. The predicted molar refractivity (Wildman–Crippen MR) is 146 cm³/mol. The van der Waals surface area contributed by atoms with Gasteiger partial charge in [0.1, 0.15) is 11.3 Å². The number of hydrogen-bond donors (Lipinski definition) is 0. The van der Waals surface area contributed by atoms with Crippen LogP contribution in [0.25, 0.3) is 21.9 Å². The average Bonchev–Trinajstić information content (AvgIpc) is 3.45. The zero-order chi connectivity index (χ0) is 27.1. The lowest BCUT2D eigenvalue weighted by molar-refractivity contribution is 0.0829. The molecule has 3 heterocycles. The van der Waals surface area contributed by atoms with Crippen molar-refractivity contribution in [2.24, 2.45) is 0 Å². The van der Waals surface area contributed by atoms with Gasteiger partial charge in [-0.15, -0.1) is 0 Å². The number of fused-ring (bicyclic) bond motifs is 2. The zero-order valence-electron chi connectivity index (χ0n) is 22.0. The summed E-state index contributed by atoms with van der Waals surface area (Å²) < 4.78 is 3.53. The molecular weight excluding hydrogens is 480 g/mol. The molecule has 5 rings (SSSR count). The van der Waals surface area contributed by atoms with E-state index < -0.39 is 0 Å². The third-order valence-electron chi connectivity index (χ3n) is 6.60. The fourth-order valence-corrected chi connectivity index (χ4v) is 4.65. The molecule has 5 aromatic rings. The van der Waals surface area contributed by atoms with Crippen molar-refractivity contribution in [3.05, 3.63) is 95.2 Å². The molecule has 0 spiro atoms. The third-order valence-corrected chi connectivity index (χ3v) is 6.60. The van der Waals surface area contributed by atoms with Crippen LogP contribution in [-0.2, 0) is 6.54 Å². The number of amides is 2. The molecule has 0 radical (unpaired) electrons. The molecule has 192 valence electrons. The van der Waals surface area contributed by atoms with Crippen LogP contribution >= 0.6 is 0 Å². The molecule has 0 atom stereocenters. The van der Waals surface area contributed by atoms with Gasteiger partial charge in [0.2, 0.25) is 0 Å². The zero-order valence-corrected chi connectivity index (χ0v) is 22.0. The SMILES string of the molecule is Cc1nc2cnccc2n1Cc1ccc(C(=O)c2cn(C(=O)N(C)C)c3cccc(C(=O)N(C)C)c23)cc1. The number of pyridine rings is 1. The van der Waals surface area contributed by atoms with Crippen LogP contribution in [0, 0.1) is 6.92 Å². The average molecular weight is 509 g/mol. The molecule has 0 aliphatic carbocycles. The van der Waals surface area contributed by atoms with Gasteiger partial charge < -0.3 is 14.4 Å². The van der Waals surface area contributed by atoms with Gasteiger partial charge >= 0.3 is 6.03 Å². The minimum Gasteiger partial charge on any atom is -0.345 e. The van der Waals surface area contributed by atoms with Gasteiger partial charge in [0.25, 0.3) is 5.91 Å². The number of carbonyl (C=O) groups excluding carboxylic acids is 3. The lowest BCUT2D eigenvalue weighted by Gasteiger charge is -2.13. The first kappa shape index (κ1) is 24.9. The number of rotatable bonds is 5. The summed E-state index contributed by atoms with van der Waals surface area (Å²) in [6, 6.07) is 14.2. The summed E-state index contributed by atoms with van der Waals surface area (Å²) in [6.07, 6.45) is 5.02. The van der Waals surface area contributed by atoms with Crippen LogP contribution in [0.4, 0.5) is 4.79 Å². The fourth-order valence-electron chi connectivity index (χ4n) is 4.65. The highest BCUT2D eigenvalue weighted by molar-refractivity contribution is 6.21. The third kappa shape index (κ3) is 4.21. The maximum atomic E-state index is 13.8. The van der Waals surface area contributed by atoms with Crippen molar-refractivity contribution in [1.82, 2.24) is 28.9 Å². The van der Waals surface area contributed by atoms with Crippen molar-refractivity contribution in [2.45, 2.75) is 13.5 Å². The van der Waals surface area contributed by atoms with E-state index >= 15 is 0 Å². The highest BCUT2D eigenvalue weighted by Crippen LogP contribution is 2.29. The number of aromatic nitrogens is 4. The summed E-state index contributed by atoms with van der Waals surface area (Å²) >= 11 is 0. The minimum absolute atomic E-state index is 0.242. The van der Waals surface area contributed by atoms with Crippen molar-refractivity contribution in [1.29, 1.82) is 0 Å². The first-order valence-electron chi connectivity index (χ1n) is 12.1. The van der Waals surface area contributed by atoms with Crippen molar-refractivity contribution in [3.63, 3.8) is 0 Å². The smallest absolute Gasteiger partial charge is 0.328 e. The Kier molecular flexibility index (Phi) is 6.28. The van der Waals surface area contributed by atoms with Crippen LogP contribution in [0.2, 0.25) is 0 Å². The molecule has 0 N–H and O–H groups in total. The van der Waals surface area contributed by atoms with Crippen LogP contribution in [0.3, 0.4) is 0 Å². The molecule has 0 fully saturated rings. The summed E-state index contributed by atoms with van der Waals surface area (Å²) in [7, 11) is 6.60. The van der Waals surface area contributed by atoms with Gasteiger partial charge in [0.15, 0.2) is 5.78 Å². The molecule has 3 aromatic heterocycles. The highest BCUT2D eigenvalue weighted by Gasteiger charge is 2.25. The normalized spacial score (nSPS) is 11.2. The van der Waals surface area contributed by atoms with Gasteiger partial charge in [-0.1, -0.05) is 30.3 Å². The summed E-state index contributed by atoms with van der Waals surface area (Å²) in [6.45, 7) is 2.55. The molecule has 9 heteroatoms. The largest absolute Gasteiger partial charge is 0.345 e. The molecular formula is C29H28N6O3. The minimum atomic E-state index is -0.308. The van der Waals surface area contributed by atoms with Gasteiger partial charge in [-0.25, -0.2) is 9.78 Å².